The second kappa shape index (κ2) is 3.73. The predicted octanol–water partition coefficient (Wildman–Crippen LogP) is 2.70. The molecule has 0 N–H and O–H groups in total. The van der Waals surface area contributed by atoms with Gasteiger partial charge >= 0.3 is 0 Å². The summed E-state index contributed by atoms with van der Waals surface area (Å²) in [6.45, 7) is 1.66. The molecule has 1 aromatic heterocycles. The van der Waals surface area contributed by atoms with Gasteiger partial charge in [-0.15, -0.1) is 0 Å². The number of halogens is 1. The van der Waals surface area contributed by atoms with Crippen LogP contribution < -0.4 is 0 Å². The van der Waals surface area contributed by atoms with Crippen molar-refractivity contribution in [3.63, 3.8) is 0 Å². The fraction of sp³-hybridized carbons (Fsp3) is 0.100. The monoisotopic (exact) mass is 222 g/mol. The number of rotatable bonds is 2. The molecular formula is C10H7FN2O3. The molecule has 0 fully saturated rings. The molecule has 0 amide bonds. The Morgan fingerprint density at radius 2 is 2.25 bits per heavy atom. The molecular weight excluding hydrogens is 215 g/mol. The van der Waals surface area contributed by atoms with Crippen LogP contribution in [-0.2, 0) is 0 Å². The lowest BCUT2D eigenvalue weighted by atomic mass is 10.2. The summed E-state index contributed by atoms with van der Waals surface area (Å²) in [5, 5.41) is 10.5. The molecule has 0 saturated heterocycles. The molecule has 2 rings (SSSR count). The van der Waals surface area contributed by atoms with Crippen molar-refractivity contribution in [1.29, 1.82) is 0 Å². The largest absolute Gasteiger partial charge is 0.441 e. The van der Waals surface area contributed by atoms with Crippen molar-refractivity contribution in [2.45, 2.75) is 6.92 Å². The molecule has 0 atom stereocenters. The number of non-ortho nitro benzene ring substituents is 1. The van der Waals surface area contributed by atoms with Gasteiger partial charge in [0.2, 0.25) is 5.89 Å². The fourth-order valence-electron chi connectivity index (χ4n) is 1.27. The standard InChI is InChI=1S/C10H7FN2O3/c1-6-5-12-10(16-6)8-4-7(13(14)15)2-3-9(8)11/h2-5H,1H3. The fourth-order valence-corrected chi connectivity index (χ4v) is 1.27. The molecule has 0 aliphatic heterocycles. The summed E-state index contributed by atoms with van der Waals surface area (Å²) in [6, 6.07) is 3.21. The highest BCUT2D eigenvalue weighted by Gasteiger charge is 2.15. The molecule has 16 heavy (non-hydrogen) atoms. The van der Waals surface area contributed by atoms with E-state index in [1.165, 1.54) is 6.20 Å². The first-order chi connectivity index (χ1) is 7.58. The Labute approximate surface area is 89.7 Å². The zero-order valence-electron chi connectivity index (χ0n) is 8.31. The predicted molar refractivity (Wildman–Crippen MR) is 53.3 cm³/mol. The van der Waals surface area contributed by atoms with Crippen molar-refractivity contribution in [2.75, 3.05) is 0 Å². The van der Waals surface area contributed by atoms with Crippen LogP contribution in [0.3, 0.4) is 0 Å². The number of nitro groups is 1. The van der Waals surface area contributed by atoms with E-state index in [0.29, 0.717) is 5.76 Å². The van der Waals surface area contributed by atoms with Crippen molar-refractivity contribution < 1.29 is 13.7 Å². The molecule has 0 unspecified atom stereocenters. The average molecular weight is 222 g/mol. The molecule has 0 saturated carbocycles. The Hall–Kier alpha value is -2.24. The third-order valence-corrected chi connectivity index (χ3v) is 2.01. The molecule has 82 valence electrons. The maximum absolute atomic E-state index is 13.4. The molecule has 5 nitrogen and oxygen atoms in total. The van der Waals surface area contributed by atoms with Crippen molar-refractivity contribution in [3.8, 4) is 11.5 Å². The van der Waals surface area contributed by atoms with Gasteiger partial charge in [0.05, 0.1) is 16.7 Å². The second-order valence-corrected chi connectivity index (χ2v) is 3.20. The summed E-state index contributed by atoms with van der Waals surface area (Å²) in [5.74, 6) is -0.0490. The Kier molecular flexibility index (Phi) is 2.40. The van der Waals surface area contributed by atoms with Gasteiger partial charge in [0.25, 0.3) is 5.69 Å². The summed E-state index contributed by atoms with van der Waals surface area (Å²) >= 11 is 0. The van der Waals surface area contributed by atoms with Crippen LogP contribution in [0.5, 0.6) is 0 Å². The summed E-state index contributed by atoms with van der Waals surface area (Å²) in [6.07, 6.45) is 1.42. The number of hydrogen-bond acceptors (Lipinski definition) is 4. The highest BCUT2D eigenvalue weighted by Crippen LogP contribution is 2.26. The van der Waals surface area contributed by atoms with Crippen LogP contribution in [0.1, 0.15) is 5.76 Å². The minimum atomic E-state index is -0.604. The van der Waals surface area contributed by atoms with Gasteiger partial charge in [-0.2, -0.15) is 0 Å². The zero-order valence-corrected chi connectivity index (χ0v) is 8.31. The molecule has 0 bridgehead atoms. The summed E-state index contributed by atoms with van der Waals surface area (Å²) in [5.41, 5.74) is -0.213. The summed E-state index contributed by atoms with van der Waals surface area (Å²) in [7, 11) is 0. The van der Waals surface area contributed by atoms with Crippen LogP contribution in [0, 0.1) is 22.9 Å². The van der Waals surface area contributed by atoms with Crippen molar-refractivity contribution in [3.05, 3.63) is 46.1 Å². The molecule has 0 aliphatic rings. The number of hydrogen-bond donors (Lipinski definition) is 0. The van der Waals surface area contributed by atoms with Gasteiger partial charge in [-0.25, -0.2) is 9.37 Å². The zero-order chi connectivity index (χ0) is 11.7. The summed E-state index contributed by atoms with van der Waals surface area (Å²) in [4.78, 5) is 13.8. The van der Waals surface area contributed by atoms with Gasteiger partial charge in [0.1, 0.15) is 11.6 Å². The first kappa shape index (κ1) is 10.3. The third kappa shape index (κ3) is 1.77. The van der Waals surface area contributed by atoms with Gasteiger partial charge in [-0.3, -0.25) is 10.1 Å². The molecule has 2 aromatic rings. The Balaban J connectivity index is 2.55. The van der Waals surface area contributed by atoms with E-state index in [1.807, 2.05) is 0 Å². The first-order valence-corrected chi connectivity index (χ1v) is 4.44. The number of nitro benzene ring substituents is 1. The Morgan fingerprint density at radius 3 is 2.81 bits per heavy atom. The maximum Gasteiger partial charge on any atom is 0.270 e. The number of aryl methyl sites for hydroxylation is 1. The highest BCUT2D eigenvalue weighted by molar-refractivity contribution is 5.58. The van der Waals surface area contributed by atoms with E-state index in [0.717, 1.165) is 18.2 Å². The normalized spacial score (nSPS) is 10.4. The van der Waals surface area contributed by atoms with E-state index in [4.69, 9.17) is 4.42 Å². The minimum Gasteiger partial charge on any atom is -0.441 e. The van der Waals surface area contributed by atoms with Crippen LogP contribution in [0.2, 0.25) is 0 Å². The van der Waals surface area contributed by atoms with E-state index in [2.05, 4.69) is 4.98 Å². The molecule has 0 radical (unpaired) electrons. The lowest BCUT2D eigenvalue weighted by Gasteiger charge is -1.98. The van der Waals surface area contributed by atoms with Crippen molar-refractivity contribution in [1.82, 2.24) is 4.98 Å². The number of oxazole rings is 1. The van der Waals surface area contributed by atoms with Crippen molar-refractivity contribution in [2.24, 2.45) is 0 Å². The molecule has 0 aliphatic carbocycles. The number of nitrogens with zero attached hydrogens (tertiary/aromatic N) is 2. The van der Waals surface area contributed by atoms with E-state index in [9.17, 15) is 14.5 Å². The molecule has 1 aromatic carbocycles. The first-order valence-electron chi connectivity index (χ1n) is 4.44. The maximum atomic E-state index is 13.4. The average Bonchev–Trinajstić information content (AvgIpc) is 2.65. The van der Waals surface area contributed by atoms with Crippen molar-refractivity contribution >= 4 is 5.69 Å². The Bertz CT molecular complexity index is 551. The van der Waals surface area contributed by atoms with Gasteiger partial charge in [0.15, 0.2) is 0 Å². The lowest BCUT2D eigenvalue weighted by Crippen LogP contribution is -1.91. The van der Waals surface area contributed by atoms with E-state index in [-0.39, 0.29) is 17.1 Å². The highest BCUT2D eigenvalue weighted by atomic mass is 19.1. The topological polar surface area (TPSA) is 69.2 Å². The van der Waals surface area contributed by atoms with E-state index < -0.39 is 10.7 Å². The SMILES string of the molecule is Cc1cnc(-c2cc([N+](=O)[O-])ccc2F)o1. The van der Waals surface area contributed by atoms with E-state index in [1.54, 1.807) is 6.92 Å². The molecule has 6 heteroatoms. The van der Waals surface area contributed by atoms with Crippen LogP contribution in [0.4, 0.5) is 10.1 Å². The van der Waals surface area contributed by atoms with Gasteiger partial charge in [-0.05, 0) is 13.0 Å². The molecule has 0 spiro atoms. The summed E-state index contributed by atoms with van der Waals surface area (Å²) < 4.78 is 18.5. The lowest BCUT2D eigenvalue weighted by molar-refractivity contribution is -0.384. The second-order valence-electron chi connectivity index (χ2n) is 3.20. The number of aromatic nitrogens is 1. The van der Waals surface area contributed by atoms with Gasteiger partial charge in [0, 0.05) is 12.1 Å². The Morgan fingerprint density at radius 1 is 1.50 bits per heavy atom. The van der Waals surface area contributed by atoms with Crippen LogP contribution in [0.15, 0.2) is 28.8 Å². The molecule has 1 heterocycles. The van der Waals surface area contributed by atoms with Gasteiger partial charge in [-0.1, -0.05) is 0 Å². The van der Waals surface area contributed by atoms with Crippen LogP contribution >= 0.6 is 0 Å². The minimum absolute atomic E-state index is 0.0118. The van der Waals surface area contributed by atoms with Crippen LogP contribution in [0.25, 0.3) is 11.5 Å². The number of benzene rings is 1. The smallest absolute Gasteiger partial charge is 0.270 e. The van der Waals surface area contributed by atoms with Crippen LogP contribution in [-0.4, -0.2) is 9.91 Å². The third-order valence-electron chi connectivity index (χ3n) is 2.01. The van der Waals surface area contributed by atoms with E-state index >= 15 is 0 Å². The van der Waals surface area contributed by atoms with Gasteiger partial charge < -0.3 is 4.42 Å². The quantitative estimate of drug-likeness (QED) is 0.578.